The maximum Gasteiger partial charge on any atom is 0.416 e. The van der Waals surface area contributed by atoms with Crippen molar-refractivity contribution in [3.8, 4) is 5.75 Å². The second-order valence-corrected chi connectivity index (χ2v) is 6.88. The standard InChI is InChI=1S/C22H22F3NO3/c1-28-21-9-5-17(14-18(21)15-26-10-12-29-13-11-26)20(27)8-4-16-2-6-19(7-3-16)22(23,24)25/h2-9,14H,10-13,15H2,1H3/p+1/b8-4+. The molecule has 0 spiro atoms. The molecule has 3 rings (SSSR count). The molecule has 1 fully saturated rings. The fourth-order valence-corrected chi connectivity index (χ4v) is 3.23. The fraction of sp³-hybridized carbons (Fsp3) is 0.318. The number of hydrogen-bond acceptors (Lipinski definition) is 3. The van der Waals surface area contributed by atoms with Gasteiger partial charge in [0.05, 0.1) is 25.9 Å². The molecule has 0 aliphatic carbocycles. The van der Waals surface area contributed by atoms with E-state index in [2.05, 4.69) is 0 Å². The highest BCUT2D eigenvalue weighted by molar-refractivity contribution is 6.07. The van der Waals surface area contributed by atoms with Gasteiger partial charge in [-0.05, 0) is 42.0 Å². The van der Waals surface area contributed by atoms with Crippen LogP contribution in [0, 0.1) is 0 Å². The van der Waals surface area contributed by atoms with Crippen LogP contribution >= 0.6 is 0 Å². The first-order valence-corrected chi connectivity index (χ1v) is 9.35. The summed E-state index contributed by atoms with van der Waals surface area (Å²) in [6, 6.07) is 9.97. The Morgan fingerprint density at radius 1 is 1.14 bits per heavy atom. The number of rotatable bonds is 6. The number of benzene rings is 2. The topological polar surface area (TPSA) is 40.0 Å². The normalized spacial score (nSPS) is 15.6. The predicted octanol–water partition coefficient (Wildman–Crippen LogP) is 3.03. The van der Waals surface area contributed by atoms with Crippen LogP contribution in [0.25, 0.3) is 6.08 Å². The Kier molecular flexibility index (Phi) is 6.71. The van der Waals surface area contributed by atoms with Gasteiger partial charge in [-0.3, -0.25) is 4.79 Å². The summed E-state index contributed by atoms with van der Waals surface area (Å²) in [5, 5.41) is 0. The number of halogens is 3. The van der Waals surface area contributed by atoms with Crippen LogP contribution in [0.5, 0.6) is 5.75 Å². The molecular formula is C22H23F3NO3+. The minimum absolute atomic E-state index is 0.217. The first-order chi connectivity index (χ1) is 13.9. The van der Waals surface area contributed by atoms with Crippen molar-refractivity contribution in [2.24, 2.45) is 0 Å². The number of quaternary nitrogens is 1. The summed E-state index contributed by atoms with van der Waals surface area (Å²) in [7, 11) is 1.60. The molecule has 1 aliphatic rings. The van der Waals surface area contributed by atoms with Gasteiger partial charge in [0.1, 0.15) is 25.4 Å². The zero-order valence-electron chi connectivity index (χ0n) is 16.1. The summed E-state index contributed by atoms with van der Waals surface area (Å²) in [5.74, 6) is 0.512. The third-order valence-corrected chi connectivity index (χ3v) is 4.87. The minimum atomic E-state index is -4.37. The molecule has 7 heteroatoms. The van der Waals surface area contributed by atoms with Crippen molar-refractivity contribution in [3.05, 3.63) is 70.8 Å². The molecule has 29 heavy (non-hydrogen) atoms. The van der Waals surface area contributed by atoms with E-state index in [0.29, 0.717) is 24.3 Å². The number of ether oxygens (including phenoxy) is 2. The summed E-state index contributed by atoms with van der Waals surface area (Å²) in [4.78, 5) is 13.9. The molecule has 154 valence electrons. The van der Waals surface area contributed by atoms with Crippen molar-refractivity contribution in [3.63, 3.8) is 0 Å². The molecule has 0 unspecified atom stereocenters. The van der Waals surface area contributed by atoms with Crippen LogP contribution in [-0.4, -0.2) is 39.2 Å². The van der Waals surface area contributed by atoms with Crippen molar-refractivity contribution < 1.29 is 32.3 Å². The molecule has 0 saturated carbocycles. The van der Waals surface area contributed by atoms with Gasteiger partial charge < -0.3 is 14.4 Å². The molecule has 0 atom stereocenters. The van der Waals surface area contributed by atoms with Gasteiger partial charge in [-0.2, -0.15) is 13.2 Å². The van der Waals surface area contributed by atoms with E-state index >= 15 is 0 Å². The molecule has 0 bridgehead atoms. The lowest BCUT2D eigenvalue weighted by molar-refractivity contribution is -0.921. The van der Waals surface area contributed by atoms with Crippen LogP contribution in [0.3, 0.4) is 0 Å². The molecule has 2 aromatic rings. The number of ketones is 1. The number of morpholine rings is 1. The second kappa shape index (κ2) is 9.24. The fourth-order valence-electron chi connectivity index (χ4n) is 3.23. The maximum absolute atomic E-state index is 12.6. The molecule has 4 nitrogen and oxygen atoms in total. The van der Waals surface area contributed by atoms with Crippen LogP contribution < -0.4 is 9.64 Å². The van der Waals surface area contributed by atoms with E-state index in [1.54, 1.807) is 19.2 Å². The van der Waals surface area contributed by atoms with Crippen LogP contribution in [0.4, 0.5) is 13.2 Å². The Morgan fingerprint density at radius 2 is 1.83 bits per heavy atom. The zero-order valence-corrected chi connectivity index (χ0v) is 16.1. The average molecular weight is 406 g/mol. The van der Waals surface area contributed by atoms with E-state index in [4.69, 9.17) is 9.47 Å². The largest absolute Gasteiger partial charge is 0.496 e. The molecule has 0 aromatic heterocycles. The Labute approximate surface area is 167 Å². The van der Waals surface area contributed by atoms with Gasteiger partial charge in [0.2, 0.25) is 0 Å². The Morgan fingerprint density at radius 3 is 2.45 bits per heavy atom. The number of nitrogens with one attached hydrogen (secondary N) is 1. The monoisotopic (exact) mass is 406 g/mol. The van der Waals surface area contributed by atoms with Gasteiger partial charge in [-0.15, -0.1) is 0 Å². The molecule has 0 radical (unpaired) electrons. The number of carbonyl (C=O) groups excluding carboxylic acids is 1. The zero-order chi connectivity index (χ0) is 20.9. The number of hydrogen-bond donors (Lipinski definition) is 1. The summed E-state index contributed by atoms with van der Waals surface area (Å²) in [6.45, 7) is 3.96. The highest BCUT2D eigenvalue weighted by Gasteiger charge is 2.29. The molecular weight excluding hydrogens is 383 g/mol. The van der Waals surface area contributed by atoms with Crippen molar-refractivity contribution in [2.75, 3.05) is 33.4 Å². The smallest absolute Gasteiger partial charge is 0.416 e. The van der Waals surface area contributed by atoms with Gasteiger partial charge in [0.25, 0.3) is 0 Å². The van der Waals surface area contributed by atoms with Gasteiger partial charge in [-0.25, -0.2) is 0 Å². The van der Waals surface area contributed by atoms with Gasteiger partial charge >= 0.3 is 6.18 Å². The molecule has 2 aromatic carbocycles. The summed E-state index contributed by atoms with van der Waals surface area (Å²) in [5.41, 5.74) is 1.26. The van der Waals surface area contributed by atoms with Crippen molar-refractivity contribution in [1.82, 2.24) is 0 Å². The number of methoxy groups -OCH3 is 1. The second-order valence-electron chi connectivity index (χ2n) is 6.88. The van der Waals surface area contributed by atoms with Crippen LogP contribution in [0.1, 0.15) is 27.0 Å². The van der Waals surface area contributed by atoms with Crippen LogP contribution in [-0.2, 0) is 17.5 Å². The SMILES string of the molecule is COc1ccc(C(=O)/C=C/c2ccc(C(F)(F)F)cc2)cc1C[NH+]1CCOCC1. The highest BCUT2D eigenvalue weighted by atomic mass is 19.4. The Hall–Kier alpha value is -2.64. The van der Waals surface area contributed by atoms with E-state index in [1.165, 1.54) is 29.2 Å². The van der Waals surface area contributed by atoms with Crippen molar-refractivity contribution >= 4 is 11.9 Å². The third-order valence-electron chi connectivity index (χ3n) is 4.87. The Balaban J connectivity index is 1.72. The third kappa shape index (κ3) is 5.68. The average Bonchev–Trinajstić information content (AvgIpc) is 2.72. The van der Waals surface area contributed by atoms with Gasteiger partial charge in [-0.1, -0.05) is 18.2 Å². The molecule has 1 heterocycles. The van der Waals surface area contributed by atoms with E-state index < -0.39 is 11.7 Å². The lowest BCUT2D eigenvalue weighted by Crippen LogP contribution is -3.12. The van der Waals surface area contributed by atoms with E-state index in [-0.39, 0.29) is 5.78 Å². The Bertz CT molecular complexity index is 870. The van der Waals surface area contributed by atoms with Crippen molar-refractivity contribution in [2.45, 2.75) is 12.7 Å². The van der Waals surface area contributed by atoms with E-state index in [0.717, 1.165) is 43.1 Å². The van der Waals surface area contributed by atoms with E-state index in [1.807, 2.05) is 6.07 Å². The lowest BCUT2D eigenvalue weighted by Gasteiger charge is -2.24. The quantitative estimate of drug-likeness (QED) is 0.592. The molecule has 1 N–H and O–H groups in total. The summed E-state index contributed by atoms with van der Waals surface area (Å²) < 4.78 is 48.7. The number of allylic oxidation sites excluding steroid dienone is 1. The van der Waals surface area contributed by atoms with Crippen molar-refractivity contribution in [1.29, 1.82) is 0 Å². The molecule has 1 saturated heterocycles. The highest BCUT2D eigenvalue weighted by Crippen LogP contribution is 2.29. The number of carbonyl (C=O) groups is 1. The maximum atomic E-state index is 12.6. The molecule has 1 aliphatic heterocycles. The van der Waals surface area contributed by atoms with Gasteiger partial charge in [0, 0.05) is 11.1 Å². The summed E-state index contributed by atoms with van der Waals surface area (Å²) in [6.07, 6.45) is -1.49. The minimum Gasteiger partial charge on any atom is -0.496 e. The predicted molar refractivity (Wildman–Crippen MR) is 103 cm³/mol. The molecule has 0 amide bonds. The van der Waals surface area contributed by atoms with Crippen LogP contribution in [0.2, 0.25) is 0 Å². The van der Waals surface area contributed by atoms with Gasteiger partial charge in [0.15, 0.2) is 5.78 Å². The first kappa shape index (κ1) is 21.1. The first-order valence-electron chi connectivity index (χ1n) is 9.35. The van der Waals surface area contributed by atoms with Crippen LogP contribution in [0.15, 0.2) is 48.5 Å². The van der Waals surface area contributed by atoms with E-state index in [9.17, 15) is 18.0 Å². The lowest BCUT2D eigenvalue weighted by atomic mass is 10.0. The number of alkyl halides is 3. The summed E-state index contributed by atoms with van der Waals surface area (Å²) >= 11 is 0.